The van der Waals surface area contributed by atoms with Crippen LogP contribution in [-0.2, 0) is 11.3 Å². The van der Waals surface area contributed by atoms with Crippen LogP contribution < -0.4 is 15.5 Å². The van der Waals surface area contributed by atoms with E-state index in [2.05, 4.69) is 47.6 Å². The molecule has 0 aromatic heterocycles. The molecule has 1 rings (SSSR count). The first-order valence-corrected chi connectivity index (χ1v) is 7.72. The number of hydrogen-bond acceptors (Lipinski definition) is 3. The maximum atomic E-state index is 11.6. The fraction of sp³-hybridized carbons (Fsp3) is 0.588. The third-order valence-corrected chi connectivity index (χ3v) is 3.75. The number of hydrogen-bond donors (Lipinski definition) is 2. The summed E-state index contributed by atoms with van der Waals surface area (Å²) in [5.74, 6) is 0.0603. The molecule has 0 aliphatic rings. The SMILES string of the molecule is CCCNCc1ccc(N(C)CC(C)C(=O)NC)cc1C. The second-order valence-corrected chi connectivity index (χ2v) is 5.68. The molecule has 0 bridgehead atoms. The van der Waals surface area contributed by atoms with E-state index in [4.69, 9.17) is 0 Å². The largest absolute Gasteiger partial charge is 0.374 e. The van der Waals surface area contributed by atoms with Gasteiger partial charge in [-0.25, -0.2) is 0 Å². The summed E-state index contributed by atoms with van der Waals surface area (Å²) in [5, 5.41) is 6.13. The first-order chi connectivity index (χ1) is 9.99. The van der Waals surface area contributed by atoms with Gasteiger partial charge in [0.25, 0.3) is 0 Å². The molecular formula is C17H29N3O. The highest BCUT2D eigenvalue weighted by Gasteiger charge is 2.14. The lowest BCUT2D eigenvalue weighted by atomic mass is 10.1. The second kappa shape index (κ2) is 8.67. The first kappa shape index (κ1) is 17.5. The molecule has 118 valence electrons. The van der Waals surface area contributed by atoms with Gasteiger partial charge in [-0.3, -0.25) is 4.79 Å². The van der Waals surface area contributed by atoms with Crippen molar-refractivity contribution in [3.8, 4) is 0 Å². The molecule has 0 saturated carbocycles. The van der Waals surface area contributed by atoms with Crippen molar-refractivity contribution in [2.75, 3.05) is 32.1 Å². The number of rotatable bonds is 8. The zero-order valence-corrected chi connectivity index (χ0v) is 14.0. The van der Waals surface area contributed by atoms with Gasteiger partial charge in [-0.05, 0) is 43.1 Å². The van der Waals surface area contributed by atoms with Crippen molar-refractivity contribution < 1.29 is 4.79 Å². The zero-order chi connectivity index (χ0) is 15.8. The van der Waals surface area contributed by atoms with Gasteiger partial charge >= 0.3 is 0 Å². The Bertz CT molecular complexity index is 459. The van der Waals surface area contributed by atoms with Crippen molar-refractivity contribution in [1.29, 1.82) is 0 Å². The van der Waals surface area contributed by atoms with E-state index in [1.165, 1.54) is 11.1 Å². The van der Waals surface area contributed by atoms with Crippen molar-refractivity contribution in [2.45, 2.75) is 33.7 Å². The molecule has 0 aliphatic carbocycles. The third-order valence-electron chi connectivity index (χ3n) is 3.75. The van der Waals surface area contributed by atoms with Crippen LogP contribution in [0.4, 0.5) is 5.69 Å². The van der Waals surface area contributed by atoms with Gasteiger partial charge in [0, 0.05) is 32.9 Å². The Kier molecular flexibility index (Phi) is 7.23. The molecule has 1 unspecified atom stereocenters. The Morgan fingerprint density at radius 1 is 1.38 bits per heavy atom. The normalized spacial score (nSPS) is 12.0. The summed E-state index contributed by atoms with van der Waals surface area (Å²) in [6.07, 6.45) is 1.15. The van der Waals surface area contributed by atoms with Gasteiger partial charge in [0.1, 0.15) is 0 Å². The van der Waals surface area contributed by atoms with Crippen LogP contribution >= 0.6 is 0 Å². The molecule has 0 spiro atoms. The minimum Gasteiger partial charge on any atom is -0.374 e. The second-order valence-electron chi connectivity index (χ2n) is 5.68. The van der Waals surface area contributed by atoms with Crippen LogP contribution in [0.1, 0.15) is 31.4 Å². The predicted molar refractivity (Wildman–Crippen MR) is 89.7 cm³/mol. The summed E-state index contributed by atoms with van der Waals surface area (Å²) in [5.41, 5.74) is 3.78. The molecule has 0 fully saturated rings. The Morgan fingerprint density at radius 3 is 2.67 bits per heavy atom. The van der Waals surface area contributed by atoms with E-state index in [1.54, 1.807) is 7.05 Å². The van der Waals surface area contributed by atoms with Crippen molar-refractivity contribution in [2.24, 2.45) is 5.92 Å². The lowest BCUT2D eigenvalue weighted by Crippen LogP contribution is -2.34. The van der Waals surface area contributed by atoms with Crippen LogP contribution in [0, 0.1) is 12.8 Å². The molecule has 0 heterocycles. The number of nitrogens with zero attached hydrogens (tertiary/aromatic N) is 1. The molecule has 1 amide bonds. The highest BCUT2D eigenvalue weighted by Crippen LogP contribution is 2.19. The van der Waals surface area contributed by atoms with Gasteiger partial charge in [0.2, 0.25) is 5.91 Å². The van der Waals surface area contributed by atoms with E-state index >= 15 is 0 Å². The Balaban J connectivity index is 2.67. The molecule has 21 heavy (non-hydrogen) atoms. The molecule has 1 aromatic rings. The Morgan fingerprint density at radius 2 is 2.10 bits per heavy atom. The summed E-state index contributed by atoms with van der Waals surface area (Å²) >= 11 is 0. The van der Waals surface area contributed by atoms with E-state index in [0.717, 1.165) is 25.2 Å². The summed E-state index contributed by atoms with van der Waals surface area (Å²) in [4.78, 5) is 13.7. The number of benzene rings is 1. The van der Waals surface area contributed by atoms with Crippen molar-refractivity contribution in [3.63, 3.8) is 0 Å². The van der Waals surface area contributed by atoms with Crippen molar-refractivity contribution >= 4 is 11.6 Å². The zero-order valence-electron chi connectivity index (χ0n) is 14.0. The number of nitrogens with one attached hydrogen (secondary N) is 2. The number of carbonyl (C=O) groups excluding carboxylic acids is 1. The molecule has 4 nitrogen and oxygen atoms in total. The summed E-state index contributed by atoms with van der Waals surface area (Å²) in [6, 6.07) is 6.50. The fourth-order valence-corrected chi connectivity index (χ4v) is 2.36. The number of anilines is 1. The molecular weight excluding hydrogens is 262 g/mol. The van der Waals surface area contributed by atoms with Crippen molar-refractivity contribution in [3.05, 3.63) is 29.3 Å². The average molecular weight is 291 g/mol. The van der Waals surface area contributed by atoms with Gasteiger partial charge in [0.05, 0.1) is 5.92 Å². The summed E-state index contributed by atoms with van der Waals surface area (Å²) in [6.45, 7) is 8.94. The van der Waals surface area contributed by atoms with Crippen LogP contribution in [0.2, 0.25) is 0 Å². The molecule has 1 atom stereocenters. The lowest BCUT2D eigenvalue weighted by molar-refractivity contribution is -0.123. The van der Waals surface area contributed by atoms with Crippen molar-refractivity contribution in [1.82, 2.24) is 10.6 Å². The van der Waals surface area contributed by atoms with Crippen LogP contribution in [0.3, 0.4) is 0 Å². The highest BCUT2D eigenvalue weighted by atomic mass is 16.1. The monoisotopic (exact) mass is 291 g/mol. The summed E-state index contributed by atoms with van der Waals surface area (Å²) in [7, 11) is 3.71. The van der Waals surface area contributed by atoms with Crippen LogP contribution in [0.15, 0.2) is 18.2 Å². The molecule has 1 aromatic carbocycles. The summed E-state index contributed by atoms with van der Waals surface area (Å²) < 4.78 is 0. The Labute approximate surface area is 128 Å². The molecule has 0 saturated heterocycles. The van der Waals surface area contributed by atoms with Gasteiger partial charge in [-0.15, -0.1) is 0 Å². The maximum absolute atomic E-state index is 11.6. The van der Waals surface area contributed by atoms with E-state index in [-0.39, 0.29) is 11.8 Å². The highest BCUT2D eigenvalue weighted by molar-refractivity contribution is 5.78. The predicted octanol–water partition coefficient (Wildman–Crippen LogP) is 2.31. The molecule has 0 radical (unpaired) electrons. The quantitative estimate of drug-likeness (QED) is 0.723. The minimum absolute atomic E-state index is 0.0220. The smallest absolute Gasteiger partial charge is 0.224 e. The van der Waals surface area contributed by atoms with Gasteiger partial charge < -0.3 is 15.5 Å². The van der Waals surface area contributed by atoms with Gasteiger partial charge in [-0.1, -0.05) is 19.9 Å². The molecule has 2 N–H and O–H groups in total. The number of amides is 1. The third kappa shape index (κ3) is 5.38. The van der Waals surface area contributed by atoms with E-state index in [9.17, 15) is 4.79 Å². The first-order valence-electron chi connectivity index (χ1n) is 7.72. The molecule has 0 aliphatic heterocycles. The maximum Gasteiger partial charge on any atom is 0.224 e. The van der Waals surface area contributed by atoms with Crippen LogP contribution in [0.25, 0.3) is 0 Å². The van der Waals surface area contributed by atoms with E-state index < -0.39 is 0 Å². The number of carbonyl (C=O) groups is 1. The molecule has 4 heteroatoms. The van der Waals surface area contributed by atoms with Crippen LogP contribution in [0.5, 0.6) is 0 Å². The van der Waals surface area contributed by atoms with Gasteiger partial charge in [0.15, 0.2) is 0 Å². The van der Waals surface area contributed by atoms with Crippen LogP contribution in [-0.4, -0.2) is 33.1 Å². The minimum atomic E-state index is -0.0220. The number of aryl methyl sites for hydroxylation is 1. The fourth-order valence-electron chi connectivity index (χ4n) is 2.36. The van der Waals surface area contributed by atoms with E-state index in [1.807, 2.05) is 14.0 Å². The Hall–Kier alpha value is -1.55. The topological polar surface area (TPSA) is 44.4 Å². The average Bonchev–Trinajstić information content (AvgIpc) is 2.47. The standard InChI is InChI=1S/C17H29N3O/c1-6-9-19-11-15-7-8-16(10-13(15)2)20(5)12-14(3)17(21)18-4/h7-8,10,14,19H,6,9,11-12H2,1-5H3,(H,18,21). The van der Waals surface area contributed by atoms with E-state index in [0.29, 0.717) is 6.54 Å². The lowest BCUT2D eigenvalue weighted by Gasteiger charge is -2.23. The van der Waals surface area contributed by atoms with Gasteiger partial charge in [-0.2, -0.15) is 0 Å².